The van der Waals surface area contributed by atoms with Crippen molar-refractivity contribution in [1.82, 2.24) is 9.97 Å². The summed E-state index contributed by atoms with van der Waals surface area (Å²) < 4.78 is 0. The lowest BCUT2D eigenvalue weighted by Crippen LogP contribution is -1.78. The number of H-pyrrole nitrogens is 1. The fourth-order valence-corrected chi connectivity index (χ4v) is 1.19. The van der Waals surface area contributed by atoms with Gasteiger partial charge in [-0.2, -0.15) is 0 Å². The second-order valence-electron chi connectivity index (χ2n) is 2.62. The van der Waals surface area contributed by atoms with Crippen LogP contribution in [0.5, 0.6) is 5.88 Å². The third kappa shape index (κ3) is 1.65. The van der Waals surface area contributed by atoms with Crippen LogP contribution in [0.25, 0.3) is 11.4 Å². The van der Waals surface area contributed by atoms with Gasteiger partial charge in [0.2, 0.25) is 5.88 Å². The van der Waals surface area contributed by atoms with Gasteiger partial charge in [-0.25, -0.2) is 4.98 Å². The topological polar surface area (TPSA) is 48.9 Å². The second-order valence-corrected chi connectivity index (χ2v) is 3.06. The first-order valence-electron chi connectivity index (χ1n) is 3.75. The van der Waals surface area contributed by atoms with Crippen molar-refractivity contribution < 1.29 is 5.11 Å². The molecule has 0 radical (unpaired) electrons. The van der Waals surface area contributed by atoms with Crippen LogP contribution in [0.3, 0.4) is 0 Å². The molecule has 0 fully saturated rings. The zero-order valence-corrected chi connectivity index (χ0v) is 7.42. The van der Waals surface area contributed by atoms with Gasteiger partial charge in [-0.15, -0.1) is 0 Å². The van der Waals surface area contributed by atoms with E-state index in [1.165, 1.54) is 6.20 Å². The van der Waals surface area contributed by atoms with Gasteiger partial charge >= 0.3 is 0 Å². The van der Waals surface area contributed by atoms with Crippen molar-refractivity contribution in [3.63, 3.8) is 0 Å². The summed E-state index contributed by atoms with van der Waals surface area (Å²) >= 11 is 5.72. The standard InChI is InChI=1S/C9H7ClN2O/c10-7-3-1-6(2-4-7)9-11-5-8(13)12-9/h1-5,13H,(H,11,12). The summed E-state index contributed by atoms with van der Waals surface area (Å²) in [4.78, 5) is 6.68. The van der Waals surface area contributed by atoms with Crippen LogP contribution in [-0.2, 0) is 0 Å². The number of nitrogens with zero attached hydrogens (tertiary/aromatic N) is 1. The van der Waals surface area contributed by atoms with Crippen LogP contribution < -0.4 is 0 Å². The molecule has 2 N–H and O–H groups in total. The summed E-state index contributed by atoms with van der Waals surface area (Å²) in [5.74, 6) is 0.694. The average molecular weight is 195 g/mol. The summed E-state index contributed by atoms with van der Waals surface area (Å²) in [7, 11) is 0. The molecule has 0 saturated carbocycles. The van der Waals surface area contributed by atoms with Crippen LogP contribution >= 0.6 is 11.6 Å². The molecule has 2 aromatic rings. The Kier molecular flexibility index (Phi) is 1.94. The van der Waals surface area contributed by atoms with Crippen LogP contribution in [0.15, 0.2) is 30.5 Å². The highest BCUT2D eigenvalue weighted by Crippen LogP contribution is 2.19. The lowest BCUT2D eigenvalue weighted by molar-refractivity contribution is 0.457. The molecule has 13 heavy (non-hydrogen) atoms. The van der Waals surface area contributed by atoms with Gasteiger partial charge in [0.05, 0.1) is 6.20 Å². The van der Waals surface area contributed by atoms with E-state index in [0.29, 0.717) is 10.8 Å². The molecule has 0 aliphatic carbocycles. The Balaban J connectivity index is 2.41. The Labute approximate surface area is 80.0 Å². The molecular formula is C9H7ClN2O. The molecule has 0 aliphatic rings. The van der Waals surface area contributed by atoms with E-state index in [-0.39, 0.29) is 5.88 Å². The predicted octanol–water partition coefficient (Wildman–Crippen LogP) is 2.44. The number of aromatic nitrogens is 2. The maximum Gasteiger partial charge on any atom is 0.208 e. The van der Waals surface area contributed by atoms with Crippen molar-refractivity contribution in [1.29, 1.82) is 0 Å². The van der Waals surface area contributed by atoms with Crippen LogP contribution in [0.1, 0.15) is 0 Å². The molecule has 0 aliphatic heterocycles. The molecule has 0 amide bonds. The number of hydrogen-bond acceptors (Lipinski definition) is 2. The third-order valence-corrected chi connectivity index (χ3v) is 1.93. The number of rotatable bonds is 1. The van der Waals surface area contributed by atoms with Crippen LogP contribution in [-0.4, -0.2) is 15.1 Å². The van der Waals surface area contributed by atoms with Gasteiger partial charge < -0.3 is 10.1 Å². The first kappa shape index (κ1) is 8.13. The van der Waals surface area contributed by atoms with E-state index in [0.717, 1.165) is 5.56 Å². The number of aromatic hydroxyl groups is 1. The number of nitrogens with one attached hydrogen (secondary N) is 1. The third-order valence-electron chi connectivity index (χ3n) is 1.68. The van der Waals surface area contributed by atoms with Crippen molar-refractivity contribution in [2.45, 2.75) is 0 Å². The zero-order valence-electron chi connectivity index (χ0n) is 6.66. The number of benzene rings is 1. The minimum atomic E-state index is 0.0601. The van der Waals surface area contributed by atoms with E-state index in [4.69, 9.17) is 16.7 Å². The number of halogens is 1. The number of hydrogen-bond donors (Lipinski definition) is 2. The second kappa shape index (κ2) is 3.11. The van der Waals surface area contributed by atoms with E-state index in [2.05, 4.69) is 9.97 Å². The molecule has 0 atom stereocenters. The fraction of sp³-hybridized carbons (Fsp3) is 0. The van der Waals surface area contributed by atoms with Crippen molar-refractivity contribution in [2.75, 3.05) is 0 Å². The van der Waals surface area contributed by atoms with Gasteiger partial charge in [0.25, 0.3) is 0 Å². The summed E-state index contributed by atoms with van der Waals surface area (Å²) in [5.41, 5.74) is 0.893. The maximum atomic E-state index is 9.02. The normalized spacial score (nSPS) is 10.2. The van der Waals surface area contributed by atoms with Crippen LogP contribution in [0.4, 0.5) is 0 Å². The molecule has 1 aromatic carbocycles. The summed E-state index contributed by atoms with van der Waals surface area (Å²) in [6, 6.07) is 7.22. The van der Waals surface area contributed by atoms with Gasteiger partial charge in [0.1, 0.15) is 5.82 Å². The van der Waals surface area contributed by atoms with Crippen LogP contribution in [0, 0.1) is 0 Å². The van der Waals surface area contributed by atoms with Crippen molar-refractivity contribution in [3.8, 4) is 17.3 Å². The Hall–Kier alpha value is -1.48. The van der Waals surface area contributed by atoms with Crippen LogP contribution in [0.2, 0.25) is 5.02 Å². The smallest absolute Gasteiger partial charge is 0.208 e. The van der Waals surface area contributed by atoms with E-state index >= 15 is 0 Å². The zero-order chi connectivity index (χ0) is 9.26. The van der Waals surface area contributed by atoms with Crippen molar-refractivity contribution >= 4 is 11.6 Å². The van der Waals surface area contributed by atoms with E-state index in [1.54, 1.807) is 12.1 Å². The fourth-order valence-electron chi connectivity index (χ4n) is 1.07. The van der Waals surface area contributed by atoms with Gasteiger partial charge in [-0.1, -0.05) is 11.6 Å². The first-order valence-corrected chi connectivity index (χ1v) is 4.13. The molecule has 0 spiro atoms. The summed E-state index contributed by atoms with van der Waals surface area (Å²) in [6.07, 6.45) is 1.37. The molecule has 0 saturated heterocycles. The molecule has 3 nitrogen and oxygen atoms in total. The van der Waals surface area contributed by atoms with Gasteiger partial charge in [-0.3, -0.25) is 0 Å². The molecule has 66 valence electrons. The molecule has 0 bridgehead atoms. The largest absolute Gasteiger partial charge is 0.493 e. The van der Waals surface area contributed by atoms with E-state index in [9.17, 15) is 0 Å². The van der Waals surface area contributed by atoms with Gasteiger partial charge in [0, 0.05) is 10.6 Å². The lowest BCUT2D eigenvalue weighted by Gasteiger charge is -1.95. The van der Waals surface area contributed by atoms with Gasteiger partial charge in [-0.05, 0) is 24.3 Å². The lowest BCUT2D eigenvalue weighted by atomic mass is 10.2. The van der Waals surface area contributed by atoms with E-state index < -0.39 is 0 Å². The Morgan fingerprint density at radius 3 is 2.46 bits per heavy atom. The highest BCUT2D eigenvalue weighted by Gasteiger charge is 2.01. The summed E-state index contributed by atoms with van der Waals surface area (Å²) in [5, 5.41) is 9.70. The maximum absolute atomic E-state index is 9.02. The predicted molar refractivity (Wildman–Crippen MR) is 50.7 cm³/mol. The van der Waals surface area contributed by atoms with E-state index in [1.807, 2.05) is 12.1 Å². The summed E-state index contributed by atoms with van der Waals surface area (Å²) in [6.45, 7) is 0. The highest BCUT2D eigenvalue weighted by atomic mass is 35.5. The minimum Gasteiger partial charge on any atom is -0.493 e. The molecule has 1 aromatic heterocycles. The highest BCUT2D eigenvalue weighted by molar-refractivity contribution is 6.30. The number of aromatic amines is 1. The first-order chi connectivity index (χ1) is 6.25. The Morgan fingerprint density at radius 1 is 1.23 bits per heavy atom. The average Bonchev–Trinajstić information content (AvgIpc) is 2.53. The van der Waals surface area contributed by atoms with Crippen molar-refractivity contribution in [3.05, 3.63) is 35.5 Å². The minimum absolute atomic E-state index is 0.0601. The molecular weight excluding hydrogens is 188 g/mol. The molecule has 0 unspecified atom stereocenters. The SMILES string of the molecule is Oc1cnc(-c2ccc(Cl)cc2)[nH]1. The van der Waals surface area contributed by atoms with Crippen molar-refractivity contribution in [2.24, 2.45) is 0 Å². The molecule has 4 heteroatoms. The Bertz CT molecular complexity index is 408. The molecule has 1 heterocycles. The number of imidazole rings is 1. The Morgan fingerprint density at radius 2 is 1.92 bits per heavy atom. The quantitative estimate of drug-likeness (QED) is 0.733. The molecule has 2 rings (SSSR count). The monoisotopic (exact) mass is 194 g/mol. The van der Waals surface area contributed by atoms with Gasteiger partial charge in [0.15, 0.2) is 0 Å².